The molecule has 6 heteroatoms. The van der Waals surface area contributed by atoms with Gasteiger partial charge in [0.25, 0.3) is 0 Å². The summed E-state index contributed by atoms with van der Waals surface area (Å²) in [5.41, 5.74) is 1.21. The Morgan fingerprint density at radius 3 is 2.59 bits per heavy atom. The molecule has 1 aromatic carbocycles. The van der Waals surface area contributed by atoms with Gasteiger partial charge in [-0.15, -0.1) is 10.2 Å². The van der Waals surface area contributed by atoms with Crippen molar-refractivity contribution in [3.05, 3.63) is 46.6 Å². The molecule has 0 saturated carbocycles. The van der Waals surface area contributed by atoms with Crippen LogP contribution in [0.3, 0.4) is 0 Å². The molecule has 1 heterocycles. The zero-order chi connectivity index (χ0) is 15.9. The Hall–Kier alpha value is -1.88. The van der Waals surface area contributed by atoms with Gasteiger partial charge in [-0.25, -0.2) is 0 Å². The average Bonchev–Trinajstić information content (AvgIpc) is 2.88. The Labute approximate surface area is 134 Å². The summed E-state index contributed by atoms with van der Waals surface area (Å²) in [5.74, 6) is 0.830. The minimum absolute atomic E-state index is 0.0202. The zero-order valence-electron chi connectivity index (χ0n) is 12.7. The van der Waals surface area contributed by atoms with Gasteiger partial charge in [-0.3, -0.25) is 4.79 Å². The molecular weight excluding hydrogens is 304 g/mol. The molecule has 0 N–H and O–H groups in total. The lowest BCUT2D eigenvalue weighted by Crippen LogP contribution is -2.07. The van der Waals surface area contributed by atoms with E-state index in [2.05, 4.69) is 17.1 Å². The van der Waals surface area contributed by atoms with Crippen LogP contribution < -0.4 is 0 Å². The third-order valence-corrected chi connectivity index (χ3v) is 3.38. The number of hydrogen-bond acceptors (Lipinski definition) is 5. The van der Waals surface area contributed by atoms with E-state index in [1.165, 1.54) is 5.56 Å². The summed E-state index contributed by atoms with van der Waals surface area (Å²) in [7, 11) is 0. The molecule has 118 valence electrons. The van der Waals surface area contributed by atoms with E-state index in [1.807, 2.05) is 24.3 Å². The molecule has 0 fully saturated rings. The van der Waals surface area contributed by atoms with E-state index < -0.39 is 0 Å². The third-order valence-electron chi connectivity index (χ3n) is 3.13. The molecule has 0 amide bonds. The van der Waals surface area contributed by atoms with Gasteiger partial charge in [0.15, 0.2) is 0 Å². The number of carbonyl (C=O) groups is 1. The second-order valence-electron chi connectivity index (χ2n) is 5.21. The second-order valence-corrected chi connectivity index (χ2v) is 5.65. The van der Waals surface area contributed by atoms with Crippen LogP contribution in [-0.2, 0) is 28.8 Å². The summed E-state index contributed by atoms with van der Waals surface area (Å²) >= 11 is 5.87. The first-order valence-corrected chi connectivity index (χ1v) is 7.66. The molecule has 2 aromatic rings. The first-order valence-electron chi connectivity index (χ1n) is 7.28. The van der Waals surface area contributed by atoms with E-state index in [9.17, 15) is 4.79 Å². The Morgan fingerprint density at radius 2 is 1.91 bits per heavy atom. The molecule has 0 aliphatic carbocycles. The van der Waals surface area contributed by atoms with E-state index in [0.717, 1.165) is 11.4 Å². The van der Waals surface area contributed by atoms with Crippen molar-refractivity contribution in [2.75, 3.05) is 6.61 Å². The van der Waals surface area contributed by atoms with Crippen LogP contribution in [0.1, 0.15) is 31.2 Å². The van der Waals surface area contributed by atoms with E-state index in [-0.39, 0.29) is 12.4 Å². The Bertz CT molecular complexity index is 610. The first kappa shape index (κ1) is 16.5. The van der Waals surface area contributed by atoms with Crippen molar-refractivity contribution in [2.45, 2.75) is 33.1 Å². The van der Waals surface area contributed by atoms with Gasteiger partial charge in [0, 0.05) is 11.4 Å². The lowest BCUT2D eigenvalue weighted by atomic mass is 9.98. The van der Waals surface area contributed by atoms with Crippen LogP contribution in [0.2, 0.25) is 5.02 Å². The molecule has 0 aliphatic heterocycles. The van der Waals surface area contributed by atoms with Gasteiger partial charge in [-0.2, -0.15) is 0 Å². The van der Waals surface area contributed by atoms with Crippen LogP contribution in [-0.4, -0.2) is 22.8 Å². The highest BCUT2D eigenvalue weighted by Crippen LogP contribution is 2.16. The van der Waals surface area contributed by atoms with Crippen molar-refractivity contribution in [3.8, 4) is 0 Å². The summed E-state index contributed by atoms with van der Waals surface area (Å²) in [5, 5.41) is 8.59. The standard InChI is InChI=1S/C16H19ClN2O3/c1-3-21-16(20)10-15-19-18-14(22-15)9-11(2)8-12-4-6-13(17)7-5-12/h4-7,11H,3,8-10H2,1-2H3/t11-/m0/s1. The van der Waals surface area contributed by atoms with Gasteiger partial charge in [-0.05, 0) is 37.0 Å². The molecule has 5 nitrogen and oxygen atoms in total. The maximum Gasteiger partial charge on any atom is 0.315 e. The molecule has 1 atom stereocenters. The SMILES string of the molecule is CCOC(=O)Cc1nnc(C[C@@H](C)Cc2ccc(Cl)cc2)o1. The van der Waals surface area contributed by atoms with Crippen LogP contribution in [0.4, 0.5) is 0 Å². The average molecular weight is 323 g/mol. The number of ether oxygens (including phenoxy) is 1. The molecule has 0 bridgehead atoms. The molecule has 2 rings (SSSR count). The number of carbonyl (C=O) groups excluding carboxylic acids is 1. The molecule has 0 saturated heterocycles. The third kappa shape index (κ3) is 5.15. The Kier molecular flexibility index (Phi) is 5.95. The Morgan fingerprint density at radius 1 is 1.23 bits per heavy atom. The van der Waals surface area contributed by atoms with E-state index in [1.54, 1.807) is 6.92 Å². The van der Waals surface area contributed by atoms with Crippen molar-refractivity contribution in [1.29, 1.82) is 0 Å². The zero-order valence-corrected chi connectivity index (χ0v) is 13.5. The van der Waals surface area contributed by atoms with Crippen molar-refractivity contribution < 1.29 is 13.9 Å². The predicted molar refractivity (Wildman–Crippen MR) is 82.7 cm³/mol. The first-order chi connectivity index (χ1) is 10.6. The van der Waals surface area contributed by atoms with Crippen molar-refractivity contribution >= 4 is 17.6 Å². The van der Waals surface area contributed by atoms with Crippen molar-refractivity contribution in [1.82, 2.24) is 10.2 Å². The largest absolute Gasteiger partial charge is 0.466 e. The smallest absolute Gasteiger partial charge is 0.315 e. The van der Waals surface area contributed by atoms with Crippen LogP contribution >= 0.6 is 11.6 Å². The van der Waals surface area contributed by atoms with Gasteiger partial charge < -0.3 is 9.15 Å². The van der Waals surface area contributed by atoms with Crippen LogP contribution in [0.5, 0.6) is 0 Å². The lowest BCUT2D eigenvalue weighted by Gasteiger charge is -2.08. The number of halogens is 1. The molecule has 0 unspecified atom stereocenters. The second kappa shape index (κ2) is 7.94. The number of esters is 1. The molecule has 1 aromatic heterocycles. The van der Waals surface area contributed by atoms with Gasteiger partial charge in [0.05, 0.1) is 6.61 Å². The summed E-state index contributed by atoms with van der Waals surface area (Å²) < 4.78 is 10.3. The lowest BCUT2D eigenvalue weighted by molar-refractivity contribution is -0.142. The number of benzene rings is 1. The summed E-state index contributed by atoms with van der Waals surface area (Å²) in [4.78, 5) is 11.4. The summed E-state index contributed by atoms with van der Waals surface area (Å²) in [6.45, 7) is 4.22. The number of rotatable bonds is 7. The maximum atomic E-state index is 11.4. The van der Waals surface area contributed by atoms with Crippen molar-refractivity contribution in [2.24, 2.45) is 5.92 Å². The van der Waals surface area contributed by atoms with Crippen LogP contribution in [0.15, 0.2) is 28.7 Å². The van der Waals surface area contributed by atoms with E-state index >= 15 is 0 Å². The van der Waals surface area contributed by atoms with Crippen molar-refractivity contribution in [3.63, 3.8) is 0 Å². The topological polar surface area (TPSA) is 65.2 Å². The number of aromatic nitrogens is 2. The van der Waals surface area contributed by atoms with E-state index in [4.69, 9.17) is 20.8 Å². The fourth-order valence-electron chi connectivity index (χ4n) is 2.17. The van der Waals surface area contributed by atoms with Gasteiger partial charge in [-0.1, -0.05) is 30.7 Å². The molecular formula is C16H19ClN2O3. The summed E-state index contributed by atoms with van der Waals surface area (Å²) in [6, 6.07) is 7.79. The number of hydrogen-bond donors (Lipinski definition) is 0. The normalized spacial score (nSPS) is 12.1. The minimum atomic E-state index is -0.355. The van der Waals surface area contributed by atoms with Crippen LogP contribution in [0.25, 0.3) is 0 Å². The van der Waals surface area contributed by atoms with Gasteiger partial charge >= 0.3 is 5.97 Å². The van der Waals surface area contributed by atoms with Gasteiger partial charge in [0.1, 0.15) is 6.42 Å². The maximum absolute atomic E-state index is 11.4. The van der Waals surface area contributed by atoms with E-state index in [0.29, 0.717) is 30.7 Å². The fourth-order valence-corrected chi connectivity index (χ4v) is 2.30. The highest BCUT2D eigenvalue weighted by molar-refractivity contribution is 6.30. The van der Waals surface area contributed by atoms with Gasteiger partial charge in [0.2, 0.25) is 11.8 Å². The molecule has 0 radical (unpaired) electrons. The van der Waals surface area contributed by atoms with Crippen LogP contribution in [0, 0.1) is 5.92 Å². The number of nitrogens with zero attached hydrogens (tertiary/aromatic N) is 2. The minimum Gasteiger partial charge on any atom is -0.466 e. The highest BCUT2D eigenvalue weighted by atomic mass is 35.5. The summed E-state index contributed by atoms with van der Waals surface area (Å²) in [6.07, 6.45) is 1.58. The highest BCUT2D eigenvalue weighted by Gasteiger charge is 2.14. The monoisotopic (exact) mass is 322 g/mol. The molecule has 0 spiro atoms. The quantitative estimate of drug-likeness (QED) is 0.732. The molecule has 0 aliphatic rings. The fraction of sp³-hybridized carbons (Fsp3) is 0.438. The predicted octanol–water partition coefficient (Wildman–Crippen LogP) is 3.25. The molecule has 22 heavy (non-hydrogen) atoms. The Balaban J connectivity index is 1.86.